The number of hydrogen-bond acceptors (Lipinski definition) is 1. The lowest BCUT2D eigenvalue weighted by molar-refractivity contribution is 0.185. The fourth-order valence-corrected chi connectivity index (χ4v) is 3.38. The quantitative estimate of drug-likeness (QED) is 0.642. The van der Waals surface area contributed by atoms with E-state index < -0.39 is 0 Å². The van der Waals surface area contributed by atoms with E-state index in [2.05, 4.69) is 39.6 Å². The molecule has 0 aliphatic heterocycles. The standard InChI is InChI=1S/C17H33N/c1-6-18-17(12-7-13(2)3)16-10-8-15(9-11-16)14(4)5/h14-18H,2,6-12H2,1,3-5H3. The van der Waals surface area contributed by atoms with Gasteiger partial charge in [-0.05, 0) is 69.7 Å². The zero-order valence-electron chi connectivity index (χ0n) is 13.0. The van der Waals surface area contributed by atoms with Gasteiger partial charge in [-0.25, -0.2) is 0 Å². The Morgan fingerprint density at radius 3 is 2.17 bits per heavy atom. The predicted molar refractivity (Wildman–Crippen MR) is 81.8 cm³/mol. The maximum absolute atomic E-state index is 4.04. The van der Waals surface area contributed by atoms with Crippen molar-refractivity contribution in [2.75, 3.05) is 6.54 Å². The molecule has 1 N–H and O–H groups in total. The highest BCUT2D eigenvalue weighted by atomic mass is 14.9. The molecule has 1 aliphatic carbocycles. The van der Waals surface area contributed by atoms with Crippen molar-refractivity contribution in [2.45, 2.75) is 72.3 Å². The maximum atomic E-state index is 4.04. The average molecular weight is 251 g/mol. The minimum atomic E-state index is 0.722. The smallest absolute Gasteiger partial charge is 0.00982 e. The Labute approximate surface area is 114 Å². The molecule has 0 aromatic carbocycles. The Morgan fingerprint density at radius 1 is 1.17 bits per heavy atom. The fourth-order valence-electron chi connectivity index (χ4n) is 3.38. The summed E-state index contributed by atoms with van der Waals surface area (Å²) in [5.74, 6) is 2.75. The average Bonchev–Trinajstić information content (AvgIpc) is 2.34. The molecule has 1 rings (SSSR count). The van der Waals surface area contributed by atoms with Crippen LogP contribution in [0.2, 0.25) is 0 Å². The summed E-state index contributed by atoms with van der Waals surface area (Å²) in [5, 5.41) is 3.71. The highest BCUT2D eigenvalue weighted by Crippen LogP contribution is 2.35. The summed E-state index contributed by atoms with van der Waals surface area (Å²) >= 11 is 0. The Balaban J connectivity index is 2.42. The molecule has 0 amide bonds. The van der Waals surface area contributed by atoms with Crippen LogP contribution in [0.25, 0.3) is 0 Å². The number of nitrogens with one attached hydrogen (secondary N) is 1. The van der Waals surface area contributed by atoms with Crippen LogP contribution in [0.3, 0.4) is 0 Å². The van der Waals surface area contributed by atoms with Crippen LogP contribution in [0.4, 0.5) is 0 Å². The number of allylic oxidation sites excluding steroid dienone is 1. The Kier molecular flexibility index (Phi) is 6.99. The van der Waals surface area contributed by atoms with Crippen molar-refractivity contribution in [1.29, 1.82) is 0 Å². The first kappa shape index (κ1) is 15.8. The summed E-state index contributed by atoms with van der Waals surface area (Å²) in [7, 11) is 0. The first-order chi connectivity index (χ1) is 8.54. The lowest BCUT2D eigenvalue weighted by Crippen LogP contribution is -2.38. The molecular formula is C17H33N. The van der Waals surface area contributed by atoms with E-state index in [1.165, 1.54) is 44.1 Å². The highest BCUT2D eigenvalue weighted by molar-refractivity contribution is 4.91. The molecule has 0 aromatic rings. The summed E-state index contributed by atoms with van der Waals surface area (Å²) in [4.78, 5) is 0. The summed E-state index contributed by atoms with van der Waals surface area (Å²) in [6.45, 7) is 14.3. The number of rotatable bonds is 7. The molecule has 0 aromatic heterocycles. The van der Waals surface area contributed by atoms with Crippen molar-refractivity contribution < 1.29 is 0 Å². The molecule has 0 heterocycles. The molecule has 1 saturated carbocycles. The van der Waals surface area contributed by atoms with E-state index in [1.807, 2.05) is 0 Å². The van der Waals surface area contributed by atoms with E-state index in [9.17, 15) is 0 Å². The molecule has 106 valence electrons. The van der Waals surface area contributed by atoms with Crippen molar-refractivity contribution in [2.24, 2.45) is 17.8 Å². The van der Waals surface area contributed by atoms with E-state index in [4.69, 9.17) is 0 Å². The van der Waals surface area contributed by atoms with E-state index in [0.717, 1.165) is 30.3 Å². The molecule has 1 fully saturated rings. The number of hydrogen-bond donors (Lipinski definition) is 1. The van der Waals surface area contributed by atoms with Crippen LogP contribution in [0.15, 0.2) is 12.2 Å². The van der Waals surface area contributed by atoms with Crippen LogP contribution in [0.5, 0.6) is 0 Å². The third-order valence-electron chi connectivity index (χ3n) is 4.68. The third-order valence-corrected chi connectivity index (χ3v) is 4.68. The van der Waals surface area contributed by atoms with Gasteiger partial charge in [0.2, 0.25) is 0 Å². The van der Waals surface area contributed by atoms with Crippen molar-refractivity contribution >= 4 is 0 Å². The molecule has 18 heavy (non-hydrogen) atoms. The van der Waals surface area contributed by atoms with Crippen LogP contribution in [0.1, 0.15) is 66.2 Å². The summed E-state index contributed by atoms with van der Waals surface area (Å²) in [5.41, 5.74) is 1.33. The second-order valence-electron chi connectivity index (χ2n) is 6.58. The third kappa shape index (κ3) is 5.14. The van der Waals surface area contributed by atoms with Gasteiger partial charge in [0.15, 0.2) is 0 Å². The SMILES string of the molecule is C=C(C)CCC(NCC)C1CCC(C(C)C)CC1. The largest absolute Gasteiger partial charge is 0.314 e. The van der Waals surface area contributed by atoms with Crippen LogP contribution in [0, 0.1) is 17.8 Å². The minimum absolute atomic E-state index is 0.722. The molecule has 0 spiro atoms. The highest BCUT2D eigenvalue weighted by Gasteiger charge is 2.27. The first-order valence-corrected chi connectivity index (χ1v) is 7.92. The fraction of sp³-hybridized carbons (Fsp3) is 0.882. The van der Waals surface area contributed by atoms with Gasteiger partial charge in [0.05, 0.1) is 0 Å². The molecule has 1 unspecified atom stereocenters. The van der Waals surface area contributed by atoms with Gasteiger partial charge < -0.3 is 5.32 Å². The normalized spacial score (nSPS) is 26.3. The minimum Gasteiger partial charge on any atom is -0.314 e. The zero-order valence-corrected chi connectivity index (χ0v) is 13.0. The molecule has 0 radical (unpaired) electrons. The van der Waals surface area contributed by atoms with E-state index in [-0.39, 0.29) is 0 Å². The summed E-state index contributed by atoms with van der Waals surface area (Å²) < 4.78 is 0. The van der Waals surface area contributed by atoms with Crippen molar-refractivity contribution in [1.82, 2.24) is 5.32 Å². The molecule has 1 heteroatoms. The lowest BCUT2D eigenvalue weighted by Gasteiger charge is -2.36. The van der Waals surface area contributed by atoms with Gasteiger partial charge in [-0.1, -0.05) is 26.3 Å². The van der Waals surface area contributed by atoms with Crippen LogP contribution < -0.4 is 5.32 Å². The van der Waals surface area contributed by atoms with Crippen LogP contribution in [-0.2, 0) is 0 Å². The van der Waals surface area contributed by atoms with Crippen LogP contribution in [-0.4, -0.2) is 12.6 Å². The monoisotopic (exact) mass is 251 g/mol. The van der Waals surface area contributed by atoms with Gasteiger partial charge in [0.1, 0.15) is 0 Å². The van der Waals surface area contributed by atoms with Gasteiger partial charge >= 0.3 is 0 Å². The van der Waals surface area contributed by atoms with Crippen molar-refractivity contribution in [3.05, 3.63) is 12.2 Å². The Bertz CT molecular complexity index is 236. The molecule has 1 atom stereocenters. The van der Waals surface area contributed by atoms with E-state index in [1.54, 1.807) is 0 Å². The van der Waals surface area contributed by atoms with Gasteiger partial charge in [-0.2, -0.15) is 0 Å². The topological polar surface area (TPSA) is 12.0 Å². The van der Waals surface area contributed by atoms with Gasteiger partial charge in [-0.15, -0.1) is 6.58 Å². The van der Waals surface area contributed by atoms with Gasteiger partial charge in [-0.3, -0.25) is 0 Å². The maximum Gasteiger partial charge on any atom is 0.00982 e. The second kappa shape index (κ2) is 7.99. The molecule has 1 aliphatic rings. The summed E-state index contributed by atoms with van der Waals surface area (Å²) in [6.07, 6.45) is 8.20. The molecule has 0 saturated heterocycles. The van der Waals surface area contributed by atoms with Crippen molar-refractivity contribution in [3.63, 3.8) is 0 Å². The van der Waals surface area contributed by atoms with E-state index in [0.29, 0.717) is 0 Å². The second-order valence-corrected chi connectivity index (χ2v) is 6.58. The summed E-state index contributed by atoms with van der Waals surface area (Å²) in [6, 6.07) is 0.722. The zero-order chi connectivity index (χ0) is 13.5. The van der Waals surface area contributed by atoms with Gasteiger partial charge in [0, 0.05) is 6.04 Å². The predicted octanol–water partition coefficient (Wildman–Crippen LogP) is 4.78. The Hall–Kier alpha value is -0.300. The first-order valence-electron chi connectivity index (χ1n) is 7.92. The van der Waals surface area contributed by atoms with Crippen LogP contribution >= 0.6 is 0 Å². The van der Waals surface area contributed by atoms with E-state index >= 15 is 0 Å². The van der Waals surface area contributed by atoms with Gasteiger partial charge in [0.25, 0.3) is 0 Å². The Morgan fingerprint density at radius 2 is 1.72 bits per heavy atom. The van der Waals surface area contributed by atoms with Crippen molar-refractivity contribution in [3.8, 4) is 0 Å². The molecule has 0 bridgehead atoms. The molecule has 1 nitrogen and oxygen atoms in total. The lowest BCUT2D eigenvalue weighted by atomic mass is 9.74. The molecular weight excluding hydrogens is 218 g/mol.